The zero-order valence-electron chi connectivity index (χ0n) is 14.0. The molecule has 0 saturated heterocycles. The van der Waals surface area contributed by atoms with Crippen molar-refractivity contribution in [3.05, 3.63) is 110 Å². The van der Waals surface area contributed by atoms with Crippen LogP contribution in [0.5, 0.6) is 0 Å². The van der Waals surface area contributed by atoms with E-state index in [9.17, 15) is 23.2 Å². The van der Waals surface area contributed by atoms with Crippen LogP contribution in [0, 0.1) is 5.82 Å². The highest BCUT2D eigenvalue weighted by Crippen LogP contribution is 2.09. The first kappa shape index (κ1) is 18.2. The summed E-state index contributed by atoms with van der Waals surface area (Å²) in [5, 5.41) is 0. The standard InChI is InChI=1S/C20H14F2N2O3/c21-16(11-14-7-3-1-4-8-14)12-23-13-17(22)19(26)24(20(23)27)18(25)15-9-5-2-6-10-15/h1-11,13H,12H2/b16-11-. The Morgan fingerprint density at radius 2 is 1.56 bits per heavy atom. The van der Waals surface area contributed by atoms with Crippen LogP contribution in [0.15, 0.2) is 82.3 Å². The summed E-state index contributed by atoms with van der Waals surface area (Å²) in [4.78, 5) is 36.9. The number of halogens is 2. The molecule has 0 atom stereocenters. The van der Waals surface area contributed by atoms with Gasteiger partial charge >= 0.3 is 5.69 Å². The van der Waals surface area contributed by atoms with Crippen molar-refractivity contribution >= 4 is 12.0 Å². The van der Waals surface area contributed by atoms with Crippen LogP contribution in [0.1, 0.15) is 15.9 Å². The predicted molar refractivity (Wildman–Crippen MR) is 96.6 cm³/mol. The summed E-state index contributed by atoms with van der Waals surface area (Å²) >= 11 is 0. The van der Waals surface area contributed by atoms with Crippen molar-refractivity contribution < 1.29 is 13.6 Å². The molecule has 0 unspecified atom stereocenters. The molecule has 136 valence electrons. The lowest BCUT2D eigenvalue weighted by Gasteiger charge is -2.09. The summed E-state index contributed by atoms with van der Waals surface area (Å²) in [5.74, 6) is -3.04. The molecule has 0 spiro atoms. The van der Waals surface area contributed by atoms with E-state index in [1.54, 1.807) is 48.5 Å². The largest absolute Gasteiger partial charge is 0.338 e. The van der Waals surface area contributed by atoms with Crippen LogP contribution in [-0.2, 0) is 6.54 Å². The Morgan fingerprint density at radius 1 is 0.963 bits per heavy atom. The molecule has 0 aliphatic rings. The second-order valence-electron chi connectivity index (χ2n) is 5.70. The van der Waals surface area contributed by atoms with Gasteiger partial charge in [-0.2, -0.15) is 8.96 Å². The molecule has 0 aliphatic heterocycles. The van der Waals surface area contributed by atoms with Gasteiger partial charge in [-0.25, -0.2) is 9.18 Å². The van der Waals surface area contributed by atoms with Crippen molar-refractivity contribution in [3.8, 4) is 0 Å². The molecule has 2 aromatic carbocycles. The highest BCUT2D eigenvalue weighted by Gasteiger charge is 2.19. The van der Waals surface area contributed by atoms with Crippen molar-refractivity contribution in [1.82, 2.24) is 9.13 Å². The Labute approximate surface area is 152 Å². The second-order valence-corrected chi connectivity index (χ2v) is 5.70. The maximum absolute atomic E-state index is 14.2. The minimum atomic E-state index is -1.38. The Bertz CT molecular complexity index is 1120. The van der Waals surface area contributed by atoms with Gasteiger partial charge in [0.15, 0.2) is 0 Å². The van der Waals surface area contributed by atoms with Crippen LogP contribution in [-0.4, -0.2) is 15.0 Å². The molecule has 3 rings (SSSR count). The van der Waals surface area contributed by atoms with Crippen LogP contribution >= 0.6 is 0 Å². The number of hydrogen-bond donors (Lipinski definition) is 0. The van der Waals surface area contributed by atoms with E-state index in [0.717, 1.165) is 0 Å². The minimum absolute atomic E-state index is 0.0362. The summed E-state index contributed by atoms with van der Waals surface area (Å²) in [6.45, 7) is -0.618. The number of aromatic nitrogens is 2. The van der Waals surface area contributed by atoms with Gasteiger partial charge in [0.2, 0.25) is 5.82 Å². The smallest absolute Gasteiger partial charge is 0.290 e. The third kappa shape index (κ3) is 3.98. The van der Waals surface area contributed by atoms with Crippen molar-refractivity contribution in [1.29, 1.82) is 0 Å². The van der Waals surface area contributed by atoms with Gasteiger partial charge in [-0.05, 0) is 23.8 Å². The molecule has 0 radical (unpaired) electrons. The first-order valence-electron chi connectivity index (χ1n) is 8.00. The fourth-order valence-corrected chi connectivity index (χ4v) is 2.51. The summed E-state index contributed by atoms with van der Waals surface area (Å²) in [7, 11) is 0. The molecular formula is C20H14F2N2O3. The summed E-state index contributed by atoms with van der Waals surface area (Å²) in [6, 6.07) is 16.0. The molecule has 0 fully saturated rings. The first-order chi connectivity index (χ1) is 13.0. The average molecular weight is 368 g/mol. The predicted octanol–water partition coefficient (Wildman–Crippen LogP) is 2.85. The number of benzene rings is 2. The van der Waals surface area contributed by atoms with Crippen LogP contribution in [0.25, 0.3) is 6.08 Å². The van der Waals surface area contributed by atoms with Gasteiger partial charge in [0.1, 0.15) is 5.83 Å². The van der Waals surface area contributed by atoms with Gasteiger partial charge in [0, 0.05) is 5.56 Å². The van der Waals surface area contributed by atoms with Crippen molar-refractivity contribution in [2.45, 2.75) is 6.54 Å². The molecule has 27 heavy (non-hydrogen) atoms. The lowest BCUT2D eigenvalue weighted by atomic mass is 10.2. The van der Waals surface area contributed by atoms with E-state index in [1.165, 1.54) is 18.2 Å². The molecule has 5 nitrogen and oxygen atoms in total. The lowest BCUT2D eigenvalue weighted by molar-refractivity contribution is 0.0946. The van der Waals surface area contributed by atoms with Crippen molar-refractivity contribution in [2.75, 3.05) is 0 Å². The number of carbonyl (C=O) groups excluding carboxylic acids is 1. The van der Waals surface area contributed by atoms with Crippen LogP contribution < -0.4 is 11.2 Å². The molecule has 0 aliphatic carbocycles. The van der Waals surface area contributed by atoms with Crippen LogP contribution in [0.2, 0.25) is 0 Å². The minimum Gasteiger partial charge on any atom is -0.290 e. The van der Waals surface area contributed by atoms with E-state index in [4.69, 9.17) is 0 Å². The Morgan fingerprint density at radius 3 is 2.19 bits per heavy atom. The quantitative estimate of drug-likeness (QED) is 0.712. The van der Waals surface area contributed by atoms with E-state index in [-0.39, 0.29) is 10.1 Å². The molecule has 0 bridgehead atoms. The number of allylic oxidation sites excluding steroid dienone is 1. The van der Waals surface area contributed by atoms with Gasteiger partial charge in [0.05, 0.1) is 12.7 Å². The third-order valence-electron chi connectivity index (χ3n) is 3.78. The molecule has 3 aromatic rings. The Balaban J connectivity index is 2.02. The van der Waals surface area contributed by atoms with Crippen LogP contribution in [0.4, 0.5) is 8.78 Å². The summed E-state index contributed by atoms with van der Waals surface area (Å²) in [6.07, 6.45) is 1.77. The maximum Gasteiger partial charge on any atom is 0.338 e. The molecule has 0 saturated carbocycles. The SMILES string of the molecule is O=C(c1ccccc1)n1c(=O)c(F)cn(C/C(F)=C/c2ccccc2)c1=O. The normalized spacial score (nSPS) is 11.4. The monoisotopic (exact) mass is 368 g/mol. The van der Waals surface area contributed by atoms with E-state index >= 15 is 0 Å². The summed E-state index contributed by atoms with van der Waals surface area (Å²) < 4.78 is 29.0. The summed E-state index contributed by atoms with van der Waals surface area (Å²) in [5.41, 5.74) is -1.91. The highest BCUT2D eigenvalue weighted by molar-refractivity contribution is 5.95. The lowest BCUT2D eigenvalue weighted by Crippen LogP contribution is -2.45. The molecular weight excluding hydrogens is 354 g/mol. The van der Waals surface area contributed by atoms with Crippen molar-refractivity contribution in [2.24, 2.45) is 0 Å². The van der Waals surface area contributed by atoms with Gasteiger partial charge in [-0.15, -0.1) is 0 Å². The third-order valence-corrected chi connectivity index (χ3v) is 3.78. The zero-order valence-corrected chi connectivity index (χ0v) is 14.0. The van der Waals surface area contributed by atoms with Gasteiger partial charge < -0.3 is 0 Å². The van der Waals surface area contributed by atoms with Gasteiger partial charge in [-0.3, -0.25) is 14.2 Å². The highest BCUT2D eigenvalue weighted by atomic mass is 19.1. The molecule has 1 heterocycles. The van der Waals surface area contributed by atoms with Crippen LogP contribution in [0.3, 0.4) is 0 Å². The molecule has 0 amide bonds. The van der Waals surface area contributed by atoms with Crippen molar-refractivity contribution in [3.63, 3.8) is 0 Å². The Hall–Kier alpha value is -3.61. The van der Waals surface area contributed by atoms with Gasteiger partial charge in [-0.1, -0.05) is 48.5 Å². The Kier molecular flexibility index (Phi) is 5.21. The number of rotatable bonds is 4. The second kappa shape index (κ2) is 7.74. The number of nitrogens with zero attached hydrogens (tertiary/aromatic N) is 2. The topological polar surface area (TPSA) is 61.1 Å². The molecule has 0 N–H and O–H groups in total. The zero-order chi connectivity index (χ0) is 19.4. The first-order valence-corrected chi connectivity index (χ1v) is 8.00. The van der Waals surface area contributed by atoms with E-state index in [0.29, 0.717) is 16.3 Å². The fraction of sp³-hybridized carbons (Fsp3) is 0.0500. The van der Waals surface area contributed by atoms with Gasteiger partial charge in [0.25, 0.3) is 11.5 Å². The number of hydrogen-bond acceptors (Lipinski definition) is 3. The van der Waals surface area contributed by atoms with E-state index in [1.807, 2.05) is 0 Å². The number of carbonyl (C=O) groups is 1. The average Bonchev–Trinajstić information content (AvgIpc) is 2.67. The maximum atomic E-state index is 14.2. The molecule has 7 heteroatoms. The van der Waals surface area contributed by atoms with E-state index < -0.39 is 35.3 Å². The van der Waals surface area contributed by atoms with E-state index in [2.05, 4.69) is 0 Å². The molecule has 1 aromatic heterocycles. The fourth-order valence-electron chi connectivity index (χ4n) is 2.51.